The van der Waals surface area contributed by atoms with Crippen molar-refractivity contribution in [2.45, 2.75) is 17.4 Å². The lowest BCUT2D eigenvalue weighted by Crippen LogP contribution is -2.46. The summed E-state index contributed by atoms with van der Waals surface area (Å²) in [5.41, 5.74) is -2.70. The number of non-ortho nitro benzene ring substituents is 1. The van der Waals surface area contributed by atoms with Crippen LogP contribution in [-0.4, -0.2) is 41.7 Å². The van der Waals surface area contributed by atoms with Crippen molar-refractivity contribution < 1.29 is 28.3 Å². The van der Waals surface area contributed by atoms with Crippen molar-refractivity contribution >= 4 is 21.7 Å². The number of nitro benzene ring substituents is 1. The Hall–Kier alpha value is -2.04. The van der Waals surface area contributed by atoms with Gasteiger partial charge < -0.3 is 10.2 Å². The van der Waals surface area contributed by atoms with Crippen LogP contribution >= 0.6 is 0 Å². The fourth-order valence-corrected chi connectivity index (χ4v) is 2.33. The first-order valence-electron chi connectivity index (χ1n) is 5.26. The molecule has 0 saturated heterocycles. The number of aliphatic hydroxyl groups is 1. The predicted molar refractivity (Wildman–Crippen MR) is 66.5 cm³/mol. The molecule has 1 rings (SSSR count). The Bertz CT molecular complexity index is 639. The van der Waals surface area contributed by atoms with Crippen molar-refractivity contribution in [2.75, 3.05) is 6.54 Å². The molecule has 0 amide bonds. The van der Waals surface area contributed by atoms with E-state index < -0.39 is 43.6 Å². The van der Waals surface area contributed by atoms with E-state index in [1.54, 1.807) is 0 Å². The Morgan fingerprint density at radius 2 is 2.10 bits per heavy atom. The lowest BCUT2D eigenvalue weighted by molar-refractivity contribution is -0.385. The fourth-order valence-electron chi connectivity index (χ4n) is 1.16. The smallest absolute Gasteiger partial charge is 0.336 e. The van der Waals surface area contributed by atoms with Gasteiger partial charge in [0.25, 0.3) is 5.69 Å². The highest BCUT2D eigenvalue weighted by atomic mass is 32.2. The van der Waals surface area contributed by atoms with E-state index in [0.717, 1.165) is 25.1 Å². The third-order valence-electron chi connectivity index (χ3n) is 2.41. The highest BCUT2D eigenvalue weighted by Gasteiger charge is 2.32. The number of hydrogen-bond acceptors (Lipinski definition) is 6. The molecule has 0 bridgehead atoms. The highest BCUT2D eigenvalue weighted by Crippen LogP contribution is 2.17. The summed E-state index contributed by atoms with van der Waals surface area (Å²) in [5, 5.41) is 28.6. The van der Waals surface area contributed by atoms with Gasteiger partial charge in [-0.15, -0.1) is 0 Å². The molecule has 0 heterocycles. The zero-order valence-corrected chi connectivity index (χ0v) is 11.1. The molecule has 0 aliphatic rings. The monoisotopic (exact) mass is 304 g/mol. The van der Waals surface area contributed by atoms with Gasteiger partial charge in [-0.25, -0.2) is 17.9 Å². The third-order valence-corrected chi connectivity index (χ3v) is 3.80. The molecule has 0 aromatic heterocycles. The first-order valence-corrected chi connectivity index (χ1v) is 6.74. The van der Waals surface area contributed by atoms with E-state index >= 15 is 0 Å². The van der Waals surface area contributed by atoms with Gasteiger partial charge in [-0.3, -0.25) is 10.1 Å². The molecule has 0 aliphatic heterocycles. The van der Waals surface area contributed by atoms with Gasteiger partial charge in [0.15, 0.2) is 5.60 Å². The first kappa shape index (κ1) is 16.0. The maximum absolute atomic E-state index is 11.8. The molecular weight excluding hydrogens is 292 g/mol. The van der Waals surface area contributed by atoms with Gasteiger partial charge in [-0.05, 0) is 13.0 Å². The Kier molecular flexibility index (Phi) is 4.43. The largest absolute Gasteiger partial charge is 0.479 e. The molecule has 0 radical (unpaired) electrons. The van der Waals surface area contributed by atoms with Gasteiger partial charge in [-0.1, -0.05) is 6.07 Å². The van der Waals surface area contributed by atoms with E-state index in [2.05, 4.69) is 0 Å². The number of benzene rings is 1. The van der Waals surface area contributed by atoms with Crippen LogP contribution in [0.5, 0.6) is 0 Å². The molecule has 0 fully saturated rings. The molecule has 9 nitrogen and oxygen atoms in total. The van der Waals surface area contributed by atoms with Crippen LogP contribution in [-0.2, 0) is 14.8 Å². The second kappa shape index (κ2) is 5.53. The van der Waals surface area contributed by atoms with Crippen LogP contribution < -0.4 is 4.72 Å². The number of carbonyl (C=O) groups is 1. The normalized spacial score (nSPS) is 14.5. The maximum atomic E-state index is 11.8. The number of carboxylic acid groups (broad SMARTS) is 1. The maximum Gasteiger partial charge on any atom is 0.336 e. The van der Waals surface area contributed by atoms with Crippen LogP contribution in [0.1, 0.15) is 6.92 Å². The average Bonchev–Trinajstić information content (AvgIpc) is 2.36. The number of nitrogens with zero attached hydrogens (tertiary/aromatic N) is 1. The van der Waals surface area contributed by atoms with E-state index in [1.165, 1.54) is 6.07 Å². The summed E-state index contributed by atoms with van der Waals surface area (Å²) in [6.45, 7) is 0.151. The van der Waals surface area contributed by atoms with Crippen molar-refractivity contribution in [2.24, 2.45) is 0 Å². The molecule has 3 N–H and O–H groups in total. The van der Waals surface area contributed by atoms with Gasteiger partial charge in [0.2, 0.25) is 10.0 Å². The quantitative estimate of drug-likeness (QED) is 0.483. The molecule has 1 aromatic carbocycles. The zero-order valence-electron chi connectivity index (χ0n) is 10.3. The number of rotatable bonds is 6. The summed E-state index contributed by atoms with van der Waals surface area (Å²) in [5.74, 6) is -1.60. The summed E-state index contributed by atoms with van der Waals surface area (Å²) in [6, 6.07) is 4.25. The summed E-state index contributed by atoms with van der Waals surface area (Å²) in [6.07, 6.45) is 0. The molecule has 110 valence electrons. The van der Waals surface area contributed by atoms with Gasteiger partial charge in [0.1, 0.15) is 0 Å². The van der Waals surface area contributed by atoms with Crippen molar-refractivity contribution in [1.29, 1.82) is 0 Å². The van der Waals surface area contributed by atoms with Crippen molar-refractivity contribution in [1.82, 2.24) is 4.72 Å². The number of carboxylic acids is 1. The number of nitrogens with one attached hydrogen (secondary N) is 1. The molecule has 0 aliphatic carbocycles. The lowest BCUT2D eigenvalue weighted by Gasteiger charge is -2.18. The molecule has 1 aromatic rings. The molecule has 10 heteroatoms. The average molecular weight is 304 g/mol. The zero-order chi connectivity index (χ0) is 15.6. The van der Waals surface area contributed by atoms with Crippen LogP contribution in [0.4, 0.5) is 5.69 Å². The topological polar surface area (TPSA) is 147 Å². The second-order valence-electron chi connectivity index (χ2n) is 4.16. The van der Waals surface area contributed by atoms with E-state index in [0.29, 0.717) is 0 Å². The number of aliphatic carboxylic acids is 1. The van der Waals surface area contributed by atoms with Crippen LogP contribution in [0.3, 0.4) is 0 Å². The van der Waals surface area contributed by atoms with Crippen LogP contribution in [0.2, 0.25) is 0 Å². The minimum absolute atomic E-state index is 0.395. The fraction of sp³-hybridized carbons (Fsp3) is 0.300. The van der Waals surface area contributed by atoms with Gasteiger partial charge in [-0.2, -0.15) is 0 Å². The molecule has 1 unspecified atom stereocenters. The first-order chi connectivity index (χ1) is 9.06. The predicted octanol–water partition coefficient (Wildman–Crippen LogP) is -0.291. The van der Waals surface area contributed by atoms with Gasteiger partial charge >= 0.3 is 5.97 Å². The second-order valence-corrected chi connectivity index (χ2v) is 5.92. The minimum atomic E-state index is -4.16. The summed E-state index contributed by atoms with van der Waals surface area (Å²) in [7, 11) is -4.16. The standard InChI is InChI=1S/C10H12N2O7S/c1-10(15,9(13)14)6-11-20(18,19)8-4-2-3-7(5-8)12(16)17/h2-5,11,15H,6H2,1H3,(H,13,14). The number of nitro groups is 1. The Balaban J connectivity index is 2.98. The van der Waals surface area contributed by atoms with E-state index in [9.17, 15) is 28.4 Å². The summed E-state index contributed by atoms with van der Waals surface area (Å²) in [4.78, 5) is 20.0. The summed E-state index contributed by atoms with van der Waals surface area (Å²) >= 11 is 0. The van der Waals surface area contributed by atoms with Crippen LogP contribution in [0.15, 0.2) is 29.2 Å². The highest BCUT2D eigenvalue weighted by molar-refractivity contribution is 7.89. The minimum Gasteiger partial charge on any atom is -0.479 e. The Labute approximate surface area is 114 Å². The molecule has 0 spiro atoms. The van der Waals surface area contributed by atoms with E-state index in [1.807, 2.05) is 4.72 Å². The lowest BCUT2D eigenvalue weighted by atomic mass is 10.1. The number of hydrogen-bond donors (Lipinski definition) is 3. The third kappa shape index (κ3) is 3.73. The summed E-state index contributed by atoms with van der Waals surface area (Å²) < 4.78 is 25.6. The molecule has 1 atom stereocenters. The SMILES string of the molecule is CC(O)(CNS(=O)(=O)c1cccc([N+](=O)[O-])c1)C(=O)O. The van der Waals surface area contributed by atoms with Crippen LogP contribution in [0.25, 0.3) is 0 Å². The molecular formula is C10H12N2O7S. The molecule has 20 heavy (non-hydrogen) atoms. The van der Waals surface area contributed by atoms with E-state index in [-0.39, 0.29) is 0 Å². The Morgan fingerprint density at radius 1 is 1.50 bits per heavy atom. The van der Waals surface area contributed by atoms with Crippen LogP contribution in [0, 0.1) is 10.1 Å². The van der Waals surface area contributed by atoms with E-state index in [4.69, 9.17) is 5.11 Å². The van der Waals surface area contributed by atoms with Gasteiger partial charge in [0, 0.05) is 12.1 Å². The van der Waals surface area contributed by atoms with Crippen molar-refractivity contribution in [3.05, 3.63) is 34.4 Å². The Morgan fingerprint density at radius 3 is 2.60 bits per heavy atom. The van der Waals surface area contributed by atoms with Gasteiger partial charge in [0.05, 0.1) is 16.4 Å². The number of sulfonamides is 1. The molecule has 0 saturated carbocycles. The van der Waals surface area contributed by atoms with Crippen molar-refractivity contribution in [3.8, 4) is 0 Å². The van der Waals surface area contributed by atoms with Crippen molar-refractivity contribution in [3.63, 3.8) is 0 Å².